The molecule has 2 heterocycles. The predicted molar refractivity (Wildman–Crippen MR) is 78.6 cm³/mol. The van der Waals surface area contributed by atoms with Crippen LogP contribution in [0.25, 0.3) is 0 Å². The second kappa shape index (κ2) is 4.07. The van der Waals surface area contributed by atoms with Gasteiger partial charge in [-0.1, -0.05) is 6.92 Å². The van der Waals surface area contributed by atoms with Crippen molar-refractivity contribution in [3.8, 4) is 0 Å². The molecule has 0 aromatic rings. The molecule has 22 heavy (non-hydrogen) atoms. The summed E-state index contributed by atoms with van der Waals surface area (Å²) in [5.41, 5.74) is 0.0891. The van der Waals surface area contributed by atoms with Crippen molar-refractivity contribution in [1.82, 2.24) is 0 Å². The van der Waals surface area contributed by atoms with Crippen LogP contribution in [0.3, 0.4) is 0 Å². The highest BCUT2D eigenvalue weighted by Crippen LogP contribution is 2.66. The third-order valence-electron chi connectivity index (χ3n) is 8.40. The summed E-state index contributed by atoms with van der Waals surface area (Å²) in [4.78, 5) is 11.4. The van der Waals surface area contributed by atoms with Gasteiger partial charge in [0.2, 0.25) is 0 Å². The smallest absolute Gasteiger partial charge is 0.312 e. The first-order valence-electron chi connectivity index (χ1n) is 9.00. The molecule has 7 fully saturated rings. The Labute approximate surface area is 131 Å². The van der Waals surface area contributed by atoms with E-state index in [0.29, 0.717) is 23.9 Å². The van der Waals surface area contributed by atoms with Gasteiger partial charge >= 0.3 is 5.97 Å². The van der Waals surface area contributed by atoms with Crippen LogP contribution in [0.5, 0.6) is 0 Å². The molecule has 0 spiro atoms. The highest BCUT2D eigenvalue weighted by molar-refractivity contribution is 5.81. The highest BCUT2D eigenvalue weighted by atomic mass is 16.6. The topological polar surface area (TPSA) is 55.8 Å². The Morgan fingerprint density at radius 2 is 1.68 bits per heavy atom. The van der Waals surface area contributed by atoms with Crippen LogP contribution in [0.2, 0.25) is 0 Å². The fraction of sp³-hybridized carbons (Fsp3) is 0.944. The third-order valence-corrected chi connectivity index (χ3v) is 8.40. The highest BCUT2D eigenvalue weighted by Gasteiger charge is 2.68. The Hall–Kier alpha value is -0.610. The Morgan fingerprint density at radius 3 is 2.23 bits per heavy atom. The Morgan fingerprint density at radius 1 is 1.00 bits per heavy atom. The van der Waals surface area contributed by atoms with Crippen LogP contribution >= 0.6 is 0 Å². The van der Waals surface area contributed by atoms with Crippen molar-refractivity contribution in [3.63, 3.8) is 0 Å². The van der Waals surface area contributed by atoms with E-state index < -0.39 is 6.29 Å². The Bertz CT molecular complexity index is 525. The van der Waals surface area contributed by atoms with E-state index in [2.05, 4.69) is 13.8 Å². The van der Waals surface area contributed by atoms with Gasteiger partial charge < -0.3 is 14.6 Å². The van der Waals surface area contributed by atoms with Crippen molar-refractivity contribution >= 4 is 5.97 Å². The molecule has 7 rings (SSSR count). The van der Waals surface area contributed by atoms with Crippen LogP contribution in [0, 0.1) is 34.5 Å². The molecule has 1 N–H and O–H groups in total. The molecule has 4 heteroatoms. The maximum Gasteiger partial charge on any atom is 0.312 e. The zero-order valence-corrected chi connectivity index (χ0v) is 13.5. The van der Waals surface area contributed by atoms with Crippen LogP contribution in [0.1, 0.15) is 52.4 Å². The van der Waals surface area contributed by atoms with Gasteiger partial charge in [-0.25, -0.2) is 0 Å². The lowest BCUT2D eigenvalue weighted by atomic mass is 9.48. The van der Waals surface area contributed by atoms with E-state index in [4.69, 9.17) is 9.47 Å². The molecular weight excluding hydrogens is 280 g/mol. The van der Waals surface area contributed by atoms with Gasteiger partial charge in [-0.2, -0.15) is 0 Å². The third kappa shape index (κ3) is 1.36. The van der Waals surface area contributed by atoms with Crippen molar-refractivity contribution in [2.24, 2.45) is 34.5 Å². The van der Waals surface area contributed by atoms with Crippen molar-refractivity contribution in [2.45, 2.75) is 70.9 Å². The van der Waals surface area contributed by atoms with E-state index >= 15 is 0 Å². The number of esters is 1. The van der Waals surface area contributed by atoms with Crippen LogP contribution in [-0.4, -0.2) is 29.6 Å². The van der Waals surface area contributed by atoms with E-state index in [1.54, 1.807) is 0 Å². The predicted octanol–water partition coefficient (Wildman–Crippen LogP) is 2.49. The van der Waals surface area contributed by atoms with Gasteiger partial charge in [-0.15, -0.1) is 0 Å². The molecule has 8 bridgehead atoms. The average molecular weight is 306 g/mol. The molecule has 0 amide bonds. The van der Waals surface area contributed by atoms with Crippen LogP contribution < -0.4 is 0 Å². The molecule has 0 aromatic carbocycles. The number of carbonyl (C=O) groups excluding carboxylic acids is 1. The quantitative estimate of drug-likeness (QED) is 0.699. The summed E-state index contributed by atoms with van der Waals surface area (Å²) < 4.78 is 10.8. The van der Waals surface area contributed by atoms with Crippen molar-refractivity contribution in [1.29, 1.82) is 0 Å². The maximum atomic E-state index is 11.4. The SMILES string of the molecule is CC12C(=O)OC3CCC1CC32.CC12C3CCC(OC1O)C2C3. The molecule has 0 aromatic heterocycles. The molecule has 122 valence electrons. The number of hydrogen-bond donors (Lipinski definition) is 1. The Kier molecular flexibility index (Phi) is 2.55. The summed E-state index contributed by atoms with van der Waals surface area (Å²) in [5.74, 6) is 2.74. The van der Waals surface area contributed by atoms with E-state index in [1.165, 1.54) is 32.1 Å². The summed E-state index contributed by atoms with van der Waals surface area (Å²) in [5, 5.41) is 9.64. The molecule has 4 nitrogen and oxygen atoms in total. The van der Waals surface area contributed by atoms with Gasteiger partial charge in [0.05, 0.1) is 11.5 Å². The molecular formula is C18H26O4. The first-order chi connectivity index (χ1) is 10.5. The number of ether oxygens (including phenoxy) is 2. The average Bonchev–Trinajstić information content (AvgIpc) is 2.72. The molecule has 5 saturated carbocycles. The van der Waals surface area contributed by atoms with Crippen molar-refractivity contribution < 1.29 is 19.4 Å². The summed E-state index contributed by atoms with van der Waals surface area (Å²) in [6, 6.07) is 0. The summed E-state index contributed by atoms with van der Waals surface area (Å²) in [6.45, 7) is 4.28. The van der Waals surface area contributed by atoms with Gasteiger partial charge in [0.1, 0.15) is 6.10 Å². The zero-order valence-electron chi connectivity index (χ0n) is 13.5. The number of carbonyl (C=O) groups is 1. The fourth-order valence-electron chi connectivity index (χ4n) is 6.55. The minimum absolute atomic E-state index is 0.0527. The van der Waals surface area contributed by atoms with Crippen molar-refractivity contribution in [2.75, 3.05) is 0 Å². The number of fused-ring (bicyclic) bond motifs is 1. The van der Waals surface area contributed by atoms with E-state index in [1.807, 2.05) is 0 Å². The Balaban J connectivity index is 0.000000102. The second-order valence-electron chi connectivity index (χ2n) is 8.85. The van der Waals surface area contributed by atoms with E-state index in [0.717, 1.165) is 12.3 Å². The van der Waals surface area contributed by atoms with Gasteiger partial charge in [-0.05, 0) is 63.2 Å². The standard InChI is InChI=1S/C9H14O2.C9H12O2/c2*1-9-5-2-3-7(6(9)4-5)11-8(9)10/h5-8,10H,2-4H2,1H3;5-7H,2-4H2,1H3. The second-order valence-corrected chi connectivity index (χ2v) is 8.85. The van der Waals surface area contributed by atoms with Crippen LogP contribution in [-0.2, 0) is 14.3 Å². The van der Waals surface area contributed by atoms with Gasteiger partial charge in [0.25, 0.3) is 0 Å². The number of hydrogen-bond acceptors (Lipinski definition) is 4. The molecule has 9 unspecified atom stereocenters. The van der Waals surface area contributed by atoms with Crippen LogP contribution in [0.15, 0.2) is 0 Å². The molecule has 0 radical (unpaired) electrons. The lowest BCUT2D eigenvalue weighted by molar-refractivity contribution is -0.154. The molecule has 2 aliphatic heterocycles. The van der Waals surface area contributed by atoms with Crippen LogP contribution in [0.4, 0.5) is 0 Å². The minimum atomic E-state index is -0.459. The number of aliphatic hydroxyl groups is 1. The molecule has 7 aliphatic rings. The molecule has 9 atom stereocenters. The molecule has 5 aliphatic carbocycles. The van der Waals surface area contributed by atoms with Crippen molar-refractivity contribution in [3.05, 3.63) is 0 Å². The minimum Gasteiger partial charge on any atom is -0.462 e. The maximum absolute atomic E-state index is 11.4. The lowest BCUT2D eigenvalue weighted by Crippen LogP contribution is -2.54. The van der Waals surface area contributed by atoms with Gasteiger partial charge in [0, 0.05) is 11.3 Å². The summed E-state index contributed by atoms with van der Waals surface area (Å²) >= 11 is 0. The largest absolute Gasteiger partial charge is 0.462 e. The normalized spacial score (nSPS) is 62.3. The zero-order chi connectivity index (χ0) is 15.3. The first-order valence-corrected chi connectivity index (χ1v) is 9.00. The van der Waals surface area contributed by atoms with Gasteiger partial charge in [-0.3, -0.25) is 4.79 Å². The first kappa shape index (κ1) is 13.8. The fourth-order valence-corrected chi connectivity index (χ4v) is 6.55. The lowest BCUT2D eigenvalue weighted by Gasteiger charge is -2.54. The number of rotatable bonds is 0. The molecule has 2 saturated heterocycles. The van der Waals surface area contributed by atoms with Gasteiger partial charge in [0.15, 0.2) is 6.29 Å². The summed E-state index contributed by atoms with van der Waals surface area (Å²) in [7, 11) is 0. The van der Waals surface area contributed by atoms with E-state index in [-0.39, 0.29) is 22.9 Å². The summed E-state index contributed by atoms with van der Waals surface area (Å²) in [6.07, 6.45) is 7.55. The monoisotopic (exact) mass is 306 g/mol. The van der Waals surface area contributed by atoms with E-state index in [9.17, 15) is 9.90 Å². The number of aliphatic hydroxyl groups excluding tert-OH is 1.